The highest BCUT2D eigenvalue weighted by Gasteiger charge is 2.28. The molecule has 0 aliphatic carbocycles. The van der Waals surface area contributed by atoms with Crippen LogP contribution in [0.15, 0.2) is 22.7 Å². The van der Waals surface area contributed by atoms with Gasteiger partial charge in [-0.1, -0.05) is 36.7 Å². The smallest absolute Gasteiger partial charge is 0.178 e. The molecule has 0 aliphatic heterocycles. The first-order chi connectivity index (χ1) is 8.57. The number of aromatic amines is 1. The molecule has 18 heavy (non-hydrogen) atoms. The van der Waals surface area contributed by atoms with Gasteiger partial charge in [0.15, 0.2) is 4.77 Å². The third-order valence-corrected chi connectivity index (χ3v) is 4.87. The summed E-state index contributed by atoms with van der Waals surface area (Å²) in [7, 11) is 0. The molecule has 2 aromatic rings. The first-order valence-electron chi connectivity index (χ1n) is 6.48. The van der Waals surface area contributed by atoms with Crippen LogP contribution in [0.1, 0.15) is 40.0 Å². The van der Waals surface area contributed by atoms with Gasteiger partial charge in [0.05, 0.1) is 11.0 Å². The van der Waals surface area contributed by atoms with Gasteiger partial charge in [-0.25, -0.2) is 0 Å². The van der Waals surface area contributed by atoms with Crippen LogP contribution in [-0.2, 0) is 5.54 Å². The van der Waals surface area contributed by atoms with Gasteiger partial charge in [-0.3, -0.25) is 0 Å². The molecule has 1 aromatic carbocycles. The van der Waals surface area contributed by atoms with Crippen LogP contribution < -0.4 is 0 Å². The number of hydrogen-bond acceptors (Lipinski definition) is 1. The molecule has 0 saturated heterocycles. The van der Waals surface area contributed by atoms with E-state index >= 15 is 0 Å². The molecule has 1 heterocycles. The van der Waals surface area contributed by atoms with Gasteiger partial charge >= 0.3 is 0 Å². The predicted molar refractivity (Wildman–Crippen MR) is 83.7 cm³/mol. The number of hydrogen-bond donors (Lipinski definition) is 1. The zero-order chi connectivity index (χ0) is 13.3. The highest BCUT2D eigenvalue weighted by Crippen LogP contribution is 2.33. The molecule has 4 heteroatoms. The Morgan fingerprint density at radius 2 is 1.83 bits per heavy atom. The Balaban J connectivity index is 2.77. The van der Waals surface area contributed by atoms with Crippen molar-refractivity contribution >= 4 is 39.2 Å². The number of nitrogens with zero attached hydrogens (tertiary/aromatic N) is 1. The van der Waals surface area contributed by atoms with E-state index in [1.165, 1.54) is 5.52 Å². The van der Waals surface area contributed by atoms with Crippen molar-refractivity contribution in [3.63, 3.8) is 0 Å². The Labute approximate surface area is 122 Å². The van der Waals surface area contributed by atoms with E-state index in [2.05, 4.69) is 64.5 Å². The summed E-state index contributed by atoms with van der Waals surface area (Å²) < 4.78 is 4.21. The van der Waals surface area contributed by atoms with E-state index in [1.807, 2.05) is 0 Å². The van der Waals surface area contributed by atoms with Crippen molar-refractivity contribution in [3.05, 3.63) is 27.4 Å². The second-order valence-electron chi connectivity index (χ2n) is 4.71. The highest BCUT2D eigenvalue weighted by atomic mass is 79.9. The van der Waals surface area contributed by atoms with Gasteiger partial charge in [-0.2, -0.15) is 0 Å². The summed E-state index contributed by atoms with van der Waals surface area (Å²) in [4.78, 5) is 3.32. The fraction of sp³-hybridized carbons (Fsp3) is 0.500. The molecular weight excluding hydrogens is 308 g/mol. The van der Waals surface area contributed by atoms with Gasteiger partial charge in [0, 0.05) is 10.0 Å². The minimum absolute atomic E-state index is 0.128. The van der Waals surface area contributed by atoms with Crippen molar-refractivity contribution in [2.24, 2.45) is 0 Å². The molecule has 0 radical (unpaired) electrons. The van der Waals surface area contributed by atoms with E-state index in [9.17, 15) is 0 Å². The van der Waals surface area contributed by atoms with Crippen molar-refractivity contribution in [3.8, 4) is 0 Å². The normalized spacial score (nSPS) is 12.2. The zero-order valence-corrected chi connectivity index (χ0v) is 13.5. The average Bonchev–Trinajstić information content (AvgIpc) is 2.69. The van der Waals surface area contributed by atoms with E-state index in [0.717, 1.165) is 34.0 Å². The maximum absolute atomic E-state index is 5.54. The predicted octanol–water partition coefficient (Wildman–Crippen LogP) is 5.39. The molecule has 98 valence electrons. The van der Waals surface area contributed by atoms with E-state index in [-0.39, 0.29) is 5.54 Å². The van der Waals surface area contributed by atoms with Crippen LogP contribution in [0.5, 0.6) is 0 Å². The molecule has 0 atom stereocenters. The zero-order valence-electron chi connectivity index (χ0n) is 11.1. The molecule has 1 N–H and O–H groups in total. The van der Waals surface area contributed by atoms with Crippen molar-refractivity contribution in [2.75, 3.05) is 0 Å². The number of rotatable bonds is 4. The summed E-state index contributed by atoms with van der Waals surface area (Å²) in [5.74, 6) is 0. The molecule has 0 amide bonds. The molecule has 1 aromatic heterocycles. The van der Waals surface area contributed by atoms with Gasteiger partial charge in [0.2, 0.25) is 0 Å². The lowest BCUT2D eigenvalue weighted by Crippen LogP contribution is -2.31. The van der Waals surface area contributed by atoms with E-state index in [4.69, 9.17) is 12.2 Å². The largest absolute Gasteiger partial charge is 0.331 e. The minimum atomic E-state index is 0.128. The molecule has 0 aliphatic rings. The lowest BCUT2D eigenvalue weighted by Gasteiger charge is -2.33. The SMILES string of the molecule is CCC(CC)(CC)n1c(=S)[nH]c2cc(Br)ccc21. The number of imidazole rings is 1. The topological polar surface area (TPSA) is 20.7 Å². The second kappa shape index (κ2) is 5.17. The maximum Gasteiger partial charge on any atom is 0.178 e. The minimum Gasteiger partial charge on any atom is -0.331 e. The Morgan fingerprint density at radius 3 is 2.39 bits per heavy atom. The number of benzene rings is 1. The molecule has 0 unspecified atom stereocenters. The fourth-order valence-electron chi connectivity index (χ4n) is 2.78. The van der Waals surface area contributed by atoms with Gasteiger partial charge in [0.1, 0.15) is 0 Å². The van der Waals surface area contributed by atoms with Crippen LogP contribution in [0.4, 0.5) is 0 Å². The van der Waals surface area contributed by atoms with Crippen molar-refractivity contribution in [1.29, 1.82) is 0 Å². The van der Waals surface area contributed by atoms with Crippen LogP contribution in [0.2, 0.25) is 0 Å². The van der Waals surface area contributed by atoms with Gasteiger partial charge in [0.25, 0.3) is 0 Å². The molecule has 0 fully saturated rings. The first kappa shape index (κ1) is 13.8. The van der Waals surface area contributed by atoms with Crippen LogP contribution in [-0.4, -0.2) is 9.55 Å². The van der Waals surface area contributed by atoms with Crippen LogP contribution in [0, 0.1) is 4.77 Å². The highest BCUT2D eigenvalue weighted by molar-refractivity contribution is 9.10. The van der Waals surface area contributed by atoms with Gasteiger partial charge in [-0.05, 0) is 49.7 Å². The van der Waals surface area contributed by atoms with Gasteiger partial charge in [-0.15, -0.1) is 0 Å². The lowest BCUT2D eigenvalue weighted by molar-refractivity contribution is 0.255. The summed E-state index contributed by atoms with van der Waals surface area (Å²) >= 11 is 9.04. The van der Waals surface area contributed by atoms with Crippen molar-refractivity contribution in [1.82, 2.24) is 9.55 Å². The third-order valence-electron chi connectivity index (χ3n) is 4.09. The van der Waals surface area contributed by atoms with E-state index < -0.39 is 0 Å². The van der Waals surface area contributed by atoms with Crippen LogP contribution >= 0.6 is 28.1 Å². The number of nitrogens with one attached hydrogen (secondary N) is 1. The van der Waals surface area contributed by atoms with Crippen LogP contribution in [0.3, 0.4) is 0 Å². The Hall–Kier alpha value is -0.610. The summed E-state index contributed by atoms with van der Waals surface area (Å²) in [5, 5.41) is 0. The molecule has 0 saturated carbocycles. The number of H-pyrrole nitrogens is 1. The maximum atomic E-state index is 5.54. The molecular formula is C14H19BrN2S. The quantitative estimate of drug-likeness (QED) is 0.747. The lowest BCUT2D eigenvalue weighted by atomic mass is 9.89. The fourth-order valence-corrected chi connectivity index (χ4v) is 3.54. The number of fused-ring (bicyclic) bond motifs is 1. The summed E-state index contributed by atoms with van der Waals surface area (Å²) in [6, 6.07) is 6.31. The number of halogens is 1. The third kappa shape index (κ3) is 2.05. The average molecular weight is 327 g/mol. The molecule has 2 nitrogen and oxygen atoms in total. The van der Waals surface area contributed by atoms with Crippen molar-refractivity contribution in [2.45, 2.75) is 45.6 Å². The van der Waals surface area contributed by atoms with Gasteiger partial charge < -0.3 is 9.55 Å². The standard InChI is InChI=1S/C14H19BrN2S/c1-4-14(5-2,6-3)17-12-8-7-10(15)9-11(12)16-13(17)18/h7-9H,4-6H2,1-3H3,(H,16,18). The summed E-state index contributed by atoms with van der Waals surface area (Å²) in [6.07, 6.45) is 3.28. The second-order valence-corrected chi connectivity index (χ2v) is 6.01. The number of aromatic nitrogens is 2. The summed E-state index contributed by atoms with van der Waals surface area (Å²) in [6.45, 7) is 6.73. The first-order valence-corrected chi connectivity index (χ1v) is 7.69. The van der Waals surface area contributed by atoms with E-state index in [1.54, 1.807) is 0 Å². The van der Waals surface area contributed by atoms with E-state index in [0.29, 0.717) is 0 Å². The Kier molecular flexibility index (Phi) is 3.97. The van der Waals surface area contributed by atoms with Crippen molar-refractivity contribution < 1.29 is 0 Å². The Morgan fingerprint density at radius 1 is 1.22 bits per heavy atom. The molecule has 0 spiro atoms. The monoisotopic (exact) mass is 326 g/mol. The molecule has 0 bridgehead atoms. The summed E-state index contributed by atoms with van der Waals surface area (Å²) in [5.41, 5.74) is 2.44. The van der Waals surface area contributed by atoms with Crippen LogP contribution in [0.25, 0.3) is 11.0 Å². The Bertz CT molecular complexity index is 600. The molecule has 2 rings (SSSR count).